The third kappa shape index (κ3) is 8.20. The van der Waals surface area contributed by atoms with Gasteiger partial charge in [-0.2, -0.15) is 11.8 Å². The molecule has 1 heterocycles. The first-order valence-corrected chi connectivity index (χ1v) is 12.1. The minimum Gasteiger partial charge on any atom is -0.370 e. The molecule has 0 bridgehead atoms. The van der Waals surface area contributed by atoms with Crippen molar-refractivity contribution in [3.8, 4) is 0 Å². The topological polar surface area (TPSA) is 68.8 Å². The number of thioether (sulfide) groups is 1. The molecule has 2 aromatic carbocycles. The van der Waals surface area contributed by atoms with Crippen molar-refractivity contribution in [2.24, 2.45) is 4.99 Å². The minimum atomic E-state index is -0.0603. The van der Waals surface area contributed by atoms with E-state index in [-0.39, 0.29) is 29.9 Å². The lowest BCUT2D eigenvalue weighted by Gasteiger charge is -2.28. The highest BCUT2D eigenvalue weighted by Crippen LogP contribution is 2.20. The molecule has 1 fully saturated rings. The second-order valence-corrected chi connectivity index (χ2v) is 8.64. The smallest absolute Gasteiger partial charge is 0.251 e. The highest BCUT2D eigenvalue weighted by molar-refractivity contribution is 14.0. The molecule has 2 aromatic rings. The van der Waals surface area contributed by atoms with Gasteiger partial charge in [0.25, 0.3) is 5.91 Å². The Morgan fingerprint density at radius 1 is 1.06 bits per heavy atom. The second-order valence-electron chi connectivity index (χ2n) is 7.42. The molecule has 0 saturated carbocycles. The van der Waals surface area contributed by atoms with Gasteiger partial charge in [0.2, 0.25) is 0 Å². The molecule has 174 valence electrons. The first-order valence-electron chi connectivity index (χ1n) is 10.9. The third-order valence-corrected chi connectivity index (χ3v) is 6.14. The monoisotopic (exact) mass is 567 g/mol. The van der Waals surface area contributed by atoms with E-state index in [1.165, 1.54) is 22.8 Å². The number of guanidine groups is 1. The largest absolute Gasteiger partial charge is 0.370 e. The maximum atomic E-state index is 11.8. The fraction of sp³-hybridized carbons (Fsp3) is 0.417. The zero-order valence-corrected chi connectivity index (χ0v) is 22.0. The molecule has 0 atom stereocenters. The number of rotatable bonds is 8. The summed E-state index contributed by atoms with van der Waals surface area (Å²) < 4.78 is 0. The highest BCUT2D eigenvalue weighted by atomic mass is 127. The van der Waals surface area contributed by atoms with Gasteiger partial charge in [-0.05, 0) is 48.7 Å². The van der Waals surface area contributed by atoms with Crippen molar-refractivity contribution >= 4 is 53.3 Å². The Morgan fingerprint density at radius 2 is 1.81 bits per heavy atom. The van der Waals surface area contributed by atoms with Crippen LogP contribution in [0.1, 0.15) is 28.4 Å². The van der Waals surface area contributed by atoms with Crippen molar-refractivity contribution in [2.75, 3.05) is 49.6 Å². The lowest BCUT2D eigenvalue weighted by atomic mass is 10.1. The van der Waals surface area contributed by atoms with E-state index in [1.807, 2.05) is 36.0 Å². The van der Waals surface area contributed by atoms with Crippen LogP contribution in [-0.4, -0.2) is 56.6 Å². The number of amides is 1. The Kier molecular flexibility index (Phi) is 11.7. The van der Waals surface area contributed by atoms with Gasteiger partial charge in [-0.1, -0.05) is 24.3 Å². The predicted octanol–water partition coefficient (Wildman–Crippen LogP) is 3.52. The quantitative estimate of drug-likeness (QED) is 0.259. The Morgan fingerprint density at radius 3 is 2.50 bits per heavy atom. The number of anilines is 1. The van der Waals surface area contributed by atoms with E-state index in [1.54, 1.807) is 7.05 Å². The van der Waals surface area contributed by atoms with Crippen LogP contribution in [0.5, 0.6) is 0 Å². The van der Waals surface area contributed by atoms with Crippen LogP contribution < -0.4 is 20.9 Å². The Bertz CT molecular complexity index is 869. The van der Waals surface area contributed by atoms with Crippen LogP contribution in [0.15, 0.2) is 53.5 Å². The van der Waals surface area contributed by atoms with Crippen LogP contribution in [0, 0.1) is 0 Å². The van der Waals surface area contributed by atoms with Gasteiger partial charge in [0.1, 0.15) is 0 Å². The van der Waals surface area contributed by atoms with Gasteiger partial charge in [-0.3, -0.25) is 4.79 Å². The molecule has 6 nitrogen and oxygen atoms in total. The summed E-state index contributed by atoms with van der Waals surface area (Å²) >= 11 is 2.03. The Hall–Kier alpha value is -1.94. The summed E-state index contributed by atoms with van der Waals surface area (Å²) in [4.78, 5) is 19.0. The van der Waals surface area contributed by atoms with E-state index in [9.17, 15) is 4.79 Å². The molecule has 3 rings (SSSR count). The molecule has 3 N–H and O–H groups in total. The van der Waals surface area contributed by atoms with E-state index < -0.39 is 0 Å². The lowest BCUT2D eigenvalue weighted by Crippen LogP contribution is -2.38. The van der Waals surface area contributed by atoms with E-state index in [0.717, 1.165) is 44.1 Å². The summed E-state index contributed by atoms with van der Waals surface area (Å²) in [5.74, 6) is 3.16. The maximum Gasteiger partial charge on any atom is 0.251 e. The van der Waals surface area contributed by atoms with Crippen molar-refractivity contribution in [3.05, 3.63) is 65.2 Å². The number of carbonyl (C=O) groups is 1. The van der Waals surface area contributed by atoms with Gasteiger partial charge in [0.05, 0.1) is 6.54 Å². The number of hydrogen-bond donors (Lipinski definition) is 3. The van der Waals surface area contributed by atoms with Crippen LogP contribution in [0.3, 0.4) is 0 Å². The molecular weight excluding hydrogens is 533 g/mol. The first-order chi connectivity index (χ1) is 15.2. The molecule has 0 unspecified atom stereocenters. The van der Waals surface area contributed by atoms with Gasteiger partial charge in [0, 0.05) is 56.0 Å². The van der Waals surface area contributed by atoms with Crippen molar-refractivity contribution in [1.29, 1.82) is 0 Å². The molecule has 1 saturated heterocycles. The fourth-order valence-corrected chi connectivity index (χ4v) is 4.39. The SMILES string of the molecule is CCNC(=NCc1ccc(N2CCSCC2)cc1)NCCc1cccc(C(=O)NC)c1.I. The predicted molar refractivity (Wildman–Crippen MR) is 148 cm³/mol. The van der Waals surface area contributed by atoms with Crippen molar-refractivity contribution in [3.63, 3.8) is 0 Å². The summed E-state index contributed by atoms with van der Waals surface area (Å²) in [6.45, 7) is 6.51. The number of benzene rings is 2. The maximum absolute atomic E-state index is 11.8. The summed E-state index contributed by atoms with van der Waals surface area (Å²) in [6, 6.07) is 16.5. The van der Waals surface area contributed by atoms with Gasteiger partial charge in [-0.15, -0.1) is 24.0 Å². The molecule has 0 aromatic heterocycles. The number of nitrogens with one attached hydrogen (secondary N) is 3. The van der Waals surface area contributed by atoms with Gasteiger partial charge >= 0.3 is 0 Å². The van der Waals surface area contributed by atoms with E-state index in [4.69, 9.17) is 4.99 Å². The number of carbonyl (C=O) groups excluding carboxylic acids is 1. The van der Waals surface area contributed by atoms with Gasteiger partial charge in [-0.25, -0.2) is 4.99 Å². The molecule has 32 heavy (non-hydrogen) atoms. The highest BCUT2D eigenvalue weighted by Gasteiger charge is 2.10. The second kappa shape index (κ2) is 14.3. The summed E-state index contributed by atoms with van der Waals surface area (Å²) in [5, 5.41) is 9.36. The zero-order chi connectivity index (χ0) is 21.9. The standard InChI is InChI=1S/C24H33N5OS.HI/c1-3-26-24(27-12-11-19-5-4-6-21(17-19)23(30)25-2)28-18-20-7-9-22(10-8-20)29-13-15-31-16-14-29;/h4-10,17H,3,11-16,18H2,1-2H3,(H,25,30)(H2,26,27,28);1H. The number of halogens is 1. The first kappa shape index (κ1) is 26.3. The van der Waals surface area contributed by atoms with E-state index in [2.05, 4.69) is 52.0 Å². The number of aliphatic imine (C=N–C) groups is 1. The summed E-state index contributed by atoms with van der Waals surface area (Å²) in [6.07, 6.45) is 0.818. The van der Waals surface area contributed by atoms with Crippen molar-refractivity contribution < 1.29 is 4.79 Å². The zero-order valence-electron chi connectivity index (χ0n) is 18.9. The van der Waals surface area contributed by atoms with E-state index >= 15 is 0 Å². The molecule has 1 aliphatic heterocycles. The van der Waals surface area contributed by atoms with E-state index in [0.29, 0.717) is 12.1 Å². The van der Waals surface area contributed by atoms with Gasteiger partial charge in [0.15, 0.2) is 5.96 Å². The Balaban J connectivity index is 0.00000363. The van der Waals surface area contributed by atoms with Crippen LogP contribution in [0.4, 0.5) is 5.69 Å². The average Bonchev–Trinajstić information content (AvgIpc) is 2.83. The normalized spacial score (nSPS) is 13.8. The minimum absolute atomic E-state index is 0. The average molecular weight is 568 g/mol. The van der Waals surface area contributed by atoms with Crippen LogP contribution in [0.25, 0.3) is 0 Å². The molecular formula is C24H34IN5OS. The molecule has 0 aliphatic carbocycles. The summed E-state index contributed by atoms with van der Waals surface area (Å²) in [7, 11) is 1.65. The number of nitrogens with zero attached hydrogens (tertiary/aromatic N) is 2. The Labute approximate surface area is 213 Å². The van der Waals surface area contributed by atoms with Gasteiger partial charge < -0.3 is 20.9 Å². The van der Waals surface area contributed by atoms with Crippen LogP contribution >= 0.6 is 35.7 Å². The molecule has 1 amide bonds. The third-order valence-electron chi connectivity index (χ3n) is 5.20. The van der Waals surface area contributed by atoms with Crippen LogP contribution in [-0.2, 0) is 13.0 Å². The van der Waals surface area contributed by atoms with Crippen LogP contribution in [0.2, 0.25) is 0 Å². The molecule has 8 heteroatoms. The van der Waals surface area contributed by atoms with Crippen molar-refractivity contribution in [1.82, 2.24) is 16.0 Å². The van der Waals surface area contributed by atoms with Crippen molar-refractivity contribution in [2.45, 2.75) is 19.9 Å². The molecule has 1 aliphatic rings. The lowest BCUT2D eigenvalue weighted by molar-refractivity contribution is 0.0963. The fourth-order valence-electron chi connectivity index (χ4n) is 3.48. The molecule has 0 spiro atoms. The molecule has 0 radical (unpaired) electrons. The number of hydrogen-bond acceptors (Lipinski definition) is 4. The summed E-state index contributed by atoms with van der Waals surface area (Å²) in [5.41, 5.74) is 4.31.